The van der Waals surface area contributed by atoms with Gasteiger partial charge in [0.15, 0.2) is 20.6 Å². The SMILES string of the molecule is C.C.CCOC(OCC)OCC.CCOC(OCC)n1ccc2c(C)ncnc21.Cc1ncnc2[nH]ccc12.Cc1ncnc2c1ccn2C(=O)OC(C)(C)C.Cc1ncnc2c1ccn2COC(=O)C(C)(C)C.Cc1ncnc2c1ccn2COCC[Si](C)(C)C.Cc1ncnc2c1ccn2COCc1ccccc1.Cc1ncnc2c1ccn2[Si](C(C)C)(C(C)C)C(C)C.[2H-]. The number of aromatic amines is 1. The number of fused-ring (bicyclic) bond motifs is 7. The molecule has 712 valence electrons. The van der Waals surface area contributed by atoms with E-state index in [0.717, 1.165) is 113 Å². The molecule has 14 heterocycles. The maximum absolute atomic E-state index is 11.9. The Bertz CT molecular complexity index is 5930. The molecular weight excluding hydrogens is 1690 g/mol. The van der Waals surface area contributed by atoms with Gasteiger partial charge in [0.2, 0.25) is 6.41 Å². The Morgan fingerprint density at radius 3 is 1.22 bits per heavy atom. The van der Waals surface area contributed by atoms with E-state index in [4.69, 9.17) is 42.6 Å². The summed E-state index contributed by atoms with van der Waals surface area (Å²) in [4.78, 5) is 85.6. The number of H-pyrrole nitrogens is 1. The number of rotatable bonds is 26. The lowest BCUT2D eigenvalue weighted by Crippen LogP contribution is -2.51. The molecule has 0 saturated carbocycles. The third-order valence-corrected chi connectivity index (χ3v) is 29.4. The summed E-state index contributed by atoms with van der Waals surface area (Å²) in [5.41, 5.74) is 15.1. The lowest BCUT2D eigenvalue weighted by atomic mass is 9.98. The maximum atomic E-state index is 11.9. The summed E-state index contributed by atoms with van der Waals surface area (Å²) in [6, 6.07) is 25.3. The lowest BCUT2D eigenvalue weighted by molar-refractivity contribution is -0.282. The fourth-order valence-electron chi connectivity index (χ4n) is 14.5. The number of aryl methyl sites for hydroxylation is 7. The lowest BCUT2D eigenvalue weighted by Gasteiger charge is -2.44. The highest BCUT2D eigenvalue weighted by molar-refractivity contribution is 6.82. The van der Waals surface area contributed by atoms with Gasteiger partial charge < -0.3 is 62.4 Å². The summed E-state index contributed by atoms with van der Waals surface area (Å²) in [5.74, 6) is -0.227. The molecule has 0 saturated heterocycles. The van der Waals surface area contributed by atoms with Crippen molar-refractivity contribution in [2.75, 3.05) is 39.6 Å². The summed E-state index contributed by atoms with van der Waals surface area (Å²) in [7, 11) is -2.71. The van der Waals surface area contributed by atoms with E-state index in [0.29, 0.717) is 75.4 Å². The Balaban J connectivity index is 0.000000268. The maximum Gasteiger partial charge on any atom is 0.420 e. The third kappa shape index (κ3) is 30.1. The van der Waals surface area contributed by atoms with Crippen molar-refractivity contribution in [3.05, 3.63) is 206 Å². The zero-order chi connectivity index (χ0) is 94.3. The van der Waals surface area contributed by atoms with E-state index in [-0.39, 0.29) is 29.0 Å². The minimum Gasteiger partial charge on any atom is -1.00 e. The first-order chi connectivity index (χ1) is 61.4. The number of hydrogen-bond donors (Lipinski definition) is 1. The smallest absolute Gasteiger partial charge is 0.420 e. The number of aromatic nitrogens is 21. The molecule has 34 heteroatoms. The Kier molecular flexibility index (Phi) is 42.6. The second-order valence-corrected chi connectivity index (χ2v) is 46.0. The number of nitrogens with one attached hydrogen (secondary N) is 1. The second-order valence-electron chi connectivity index (χ2n) is 34.7. The van der Waals surface area contributed by atoms with Crippen LogP contribution in [-0.4, -0.2) is 182 Å². The number of carbonyl (C=O) groups excluding carboxylic acids is 2. The monoisotopic (exact) mass is 1840 g/mol. The molecule has 1 N–H and O–H groups in total. The van der Waals surface area contributed by atoms with Crippen LogP contribution in [-0.2, 0) is 74.2 Å². The van der Waals surface area contributed by atoms with Crippen molar-refractivity contribution in [3.8, 4) is 0 Å². The summed E-state index contributed by atoms with van der Waals surface area (Å²) in [6.07, 6.45) is 23.7. The third-order valence-electron chi connectivity index (χ3n) is 20.9. The number of esters is 1. The fraction of sp³-hybridized carbons (Fsp3) is 0.485. The van der Waals surface area contributed by atoms with Crippen LogP contribution in [0.1, 0.15) is 186 Å². The van der Waals surface area contributed by atoms with Gasteiger partial charge in [-0.2, -0.15) is 0 Å². The quantitative estimate of drug-likeness (QED) is 0.0228. The van der Waals surface area contributed by atoms with Gasteiger partial charge in [-0.1, -0.05) is 106 Å². The molecule has 131 heavy (non-hydrogen) atoms. The number of ether oxygens (including phenoxy) is 9. The molecule has 0 spiro atoms. The Hall–Kier alpha value is -11.3. The highest BCUT2D eigenvalue weighted by Crippen LogP contribution is 2.44. The Morgan fingerprint density at radius 2 is 0.794 bits per heavy atom. The standard InChI is InChI=1S/C16H27N3Si.C15H15N3O.C13H17N3O2.C13H21N3OSi.C12H15N3O2.C12H17N3O2.C7H7N3.C7H16O3.2CH4.H/c1-11(2)20(12(3)4,13(5)6)19-9-8-15-14(7)17-10-18-16(15)19;1-12-14-7-8-18(15(14)17-10-16-12)11-19-9-13-5-3-2-4-6-13;1-9-10-5-6-16(11(10)15-7-14-9)8-18-12(17)13(2,3)4;1-11-12-5-6-16(13(12)15-9-14-11)10-17-7-8-18(2,3)4;1-8-9-5-6-15(10(9)14-7-13-8)11(16)17-12(2,3)4;1-4-16-12(17-5-2)15-7-6-10-9(3)13-8-14-11(10)15;1-5-6-2-3-8-7(6)10-4-9-5;1-4-8-7(9-5-2)10-6-3;;;/h8-13H,1-7H3;2-8,10H,9,11H2,1H3;5-7H,8H2,1-4H3;5-6,9H,7-8,10H2,1-4H3;5-7H,1-4H3;6-8,12H,4-5H2,1-3H3;2-4H,1H3,(H,8,9,10);7H,4-6H2,1-3H3;2*1H4;/q;;;;;;;;;;-1/i;;;;;;;;;;1+1. The molecule has 15 aromatic rings. The molecule has 0 aliphatic rings. The van der Waals surface area contributed by atoms with E-state index in [1.165, 1.54) is 34.2 Å². The van der Waals surface area contributed by atoms with E-state index in [9.17, 15) is 9.59 Å². The van der Waals surface area contributed by atoms with Crippen molar-refractivity contribution < 1.29 is 53.6 Å². The van der Waals surface area contributed by atoms with Crippen LogP contribution >= 0.6 is 0 Å². The number of nitrogens with zero attached hydrogens (tertiary/aromatic N) is 20. The Labute approximate surface area is 776 Å². The molecule has 1 aromatic carbocycles. The highest BCUT2D eigenvalue weighted by atomic mass is 28.3. The molecule has 0 bridgehead atoms. The molecule has 0 amide bonds. The predicted molar refractivity (Wildman–Crippen MR) is 527 cm³/mol. The van der Waals surface area contributed by atoms with E-state index in [1.54, 1.807) is 42.4 Å². The van der Waals surface area contributed by atoms with Gasteiger partial charge in [-0.05, 0) is 202 Å². The summed E-state index contributed by atoms with van der Waals surface area (Å²) >= 11 is 0. The summed E-state index contributed by atoms with van der Waals surface area (Å²) in [5, 5.41) is 7.34. The van der Waals surface area contributed by atoms with Gasteiger partial charge in [-0.15, -0.1) is 0 Å². The molecule has 0 radical (unpaired) electrons. The number of benzene rings is 1. The van der Waals surface area contributed by atoms with Crippen LogP contribution in [0.2, 0.25) is 42.3 Å². The molecule has 0 fully saturated rings. The van der Waals surface area contributed by atoms with Crippen LogP contribution < -0.4 is 0 Å². The van der Waals surface area contributed by atoms with Crippen LogP contribution in [0.4, 0.5) is 4.79 Å². The van der Waals surface area contributed by atoms with E-state index >= 15 is 0 Å². The first kappa shape index (κ1) is 108. The minimum atomic E-state index is -1.71. The minimum absolute atomic E-state index is 0. The number of hydrogen-bond acceptors (Lipinski definition) is 25. The Morgan fingerprint density at radius 1 is 0.420 bits per heavy atom. The van der Waals surface area contributed by atoms with Crippen molar-refractivity contribution in [1.29, 1.82) is 0 Å². The van der Waals surface area contributed by atoms with E-state index in [2.05, 4.69) is 171 Å². The second kappa shape index (κ2) is 51.5. The van der Waals surface area contributed by atoms with Gasteiger partial charge in [0.05, 0.1) is 51.9 Å². The van der Waals surface area contributed by atoms with Gasteiger partial charge in [0.1, 0.15) is 97.2 Å². The largest absolute Gasteiger partial charge is 1.00 e. The fourth-order valence-corrected chi connectivity index (χ4v) is 21.8. The van der Waals surface area contributed by atoms with Gasteiger partial charge >= 0.3 is 12.1 Å². The van der Waals surface area contributed by atoms with Crippen LogP contribution in [0.25, 0.3) is 77.2 Å². The van der Waals surface area contributed by atoms with Gasteiger partial charge in [-0.25, -0.2) is 79.1 Å². The van der Waals surface area contributed by atoms with Crippen LogP contribution in [0.5, 0.6) is 0 Å². The average molecular weight is 1840 g/mol. The number of carbonyl (C=O) groups is 2. The zero-order valence-electron chi connectivity index (χ0n) is 81.6. The van der Waals surface area contributed by atoms with Crippen molar-refractivity contribution in [2.45, 2.75) is 269 Å². The summed E-state index contributed by atoms with van der Waals surface area (Å²) < 4.78 is 60.0. The molecule has 0 atom stereocenters. The van der Waals surface area contributed by atoms with E-state index in [1.807, 2.05) is 217 Å². The average Bonchev–Trinajstić information content (AvgIpc) is 1.55. The first-order valence-corrected chi connectivity index (χ1v) is 49.9. The zero-order valence-corrected chi connectivity index (χ0v) is 82.6. The normalized spacial score (nSPS) is 11.5. The van der Waals surface area contributed by atoms with Crippen molar-refractivity contribution in [2.24, 2.45) is 5.41 Å². The summed E-state index contributed by atoms with van der Waals surface area (Å²) in [6.45, 7) is 61.0. The van der Waals surface area contributed by atoms with Crippen molar-refractivity contribution in [1.82, 2.24) is 102 Å². The van der Waals surface area contributed by atoms with Crippen molar-refractivity contribution >= 4 is 106 Å². The van der Waals surface area contributed by atoms with Gasteiger partial charge in [0.25, 0.3) is 6.48 Å². The highest BCUT2D eigenvalue weighted by Gasteiger charge is 2.46. The van der Waals surface area contributed by atoms with Gasteiger partial charge in [-0.3, -0.25) is 13.9 Å². The molecule has 0 aliphatic heterocycles. The molecule has 0 unspecified atom stereocenters. The predicted octanol–water partition coefficient (Wildman–Crippen LogP) is 21.8. The topological polar surface area (TPSA) is 343 Å². The van der Waals surface area contributed by atoms with Gasteiger partial charge in [0, 0.05) is 123 Å². The molecule has 32 nitrogen and oxygen atoms in total. The van der Waals surface area contributed by atoms with E-state index < -0.39 is 46.3 Å². The van der Waals surface area contributed by atoms with Crippen LogP contribution in [0.15, 0.2) is 160 Å². The molecular formula is C97H144N21O11Si2-. The first-order valence-electron chi connectivity index (χ1n) is 44.0. The van der Waals surface area contributed by atoms with Crippen LogP contribution in [0.3, 0.4) is 0 Å². The van der Waals surface area contributed by atoms with Crippen LogP contribution in [0, 0.1) is 53.9 Å². The molecule has 14 aromatic heterocycles. The molecule has 0 aliphatic carbocycles. The van der Waals surface area contributed by atoms with Crippen molar-refractivity contribution in [3.63, 3.8) is 0 Å². The molecule has 15 rings (SSSR count).